The number of pyridine rings is 1. The molecule has 0 radical (unpaired) electrons. The van der Waals surface area contributed by atoms with Crippen LogP contribution in [-0.2, 0) is 4.74 Å². The number of hydrogen-bond donors (Lipinski definition) is 2. The van der Waals surface area contributed by atoms with E-state index in [4.69, 9.17) is 10.5 Å². The van der Waals surface area contributed by atoms with Gasteiger partial charge in [0.1, 0.15) is 11.9 Å². The summed E-state index contributed by atoms with van der Waals surface area (Å²) in [7, 11) is 0. The highest BCUT2D eigenvalue weighted by atomic mass is 16.6. The normalized spacial score (nSPS) is 18.4. The second-order valence-electron chi connectivity index (χ2n) is 3.45. The smallest absolute Gasteiger partial charge is 0.326 e. The summed E-state index contributed by atoms with van der Waals surface area (Å²) in [6, 6.07) is 2.55. The number of ether oxygens (including phenoxy) is 1. The molecular weight excluding hydrogens is 224 g/mol. The maximum Gasteiger partial charge on any atom is 0.326 e. The largest absolute Gasteiger partial charge is 0.475 e. The second-order valence-corrected chi connectivity index (χ2v) is 3.45. The van der Waals surface area contributed by atoms with Crippen LogP contribution >= 0.6 is 0 Å². The zero-order valence-electron chi connectivity index (χ0n) is 9.21. The van der Waals surface area contributed by atoms with Crippen molar-refractivity contribution in [3.8, 4) is 0 Å². The molecule has 1 aliphatic heterocycles. The standard InChI is InChI=1S/C10H12N4O3/c1-2-17-10-8(14(15)16)7(11)6-4-3-5-12-9(6)13-10/h3-5,7H,2,11H2,1H3,(H,12,13). The zero-order chi connectivity index (χ0) is 12.4. The first-order valence-electron chi connectivity index (χ1n) is 5.14. The third-order valence-electron chi connectivity index (χ3n) is 2.42. The van der Waals surface area contributed by atoms with Crippen molar-refractivity contribution in [1.29, 1.82) is 0 Å². The van der Waals surface area contributed by atoms with Crippen LogP contribution in [0, 0.1) is 10.1 Å². The van der Waals surface area contributed by atoms with Crippen molar-refractivity contribution < 1.29 is 9.66 Å². The molecule has 1 aliphatic rings. The average molecular weight is 236 g/mol. The van der Waals surface area contributed by atoms with E-state index in [-0.39, 0.29) is 11.6 Å². The highest BCUT2D eigenvalue weighted by Crippen LogP contribution is 2.32. The van der Waals surface area contributed by atoms with E-state index >= 15 is 0 Å². The summed E-state index contributed by atoms with van der Waals surface area (Å²) in [6.07, 6.45) is 1.58. The van der Waals surface area contributed by atoms with Crippen molar-refractivity contribution in [1.82, 2.24) is 4.98 Å². The molecule has 2 heterocycles. The van der Waals surface area contributed by atoms with Crippen LogP contribution in [0.2, 0.25) is 0 Å². The van der Waals surface area contributed by atoms with Crippen LogP contribution in [0.15, 0.2) is 29.9 Å². The molecule has 1 aromatic rings. The Bertz CT molecular complexity index is 486. The molecule has 0 aromatic carbocycles. The van der Waals surface area contributed by atoms with Gasteiger partial charge < -0.3 is 15.8 Å². The molecule has 1 aromatic heterocycles. The van der Waals surface area contributed by atoms with Crippen molar-refractivity contribution >= 4 is 5.82 Å². The minimum atomic E-state index is -0.837. The Morgan fingerprint density at radius 3 is 3.12 bits per heavy atom. The highest BCUT2D eigenvalue weighted by molar-refractivity contribution is 5.55. The quantitative estimate of drug-likeness (QED) is 0.599. The van der Waals surface area contributed by atoms with Gasteiger partial charge in [-0.2, -0.15) is 0 Å². The lowest BCUT2D eigenvalue weighted by atomic mass is 10.0. The third kappa shape index (κ3) is 1.92. The Morgan fingerprint density at radius 2 is 2.47 bits per heavy atom. The summed E-state index contributed by atoms with van der Waals surface area (Å²) in [5.74, 6) is 0.560. The van der Waals surface area contributed by atoms with Gasteiger partial charge >= 0.3 is 5.70 Å². The lowest BCUT2D eigenvalue weighted by Gasteiger charge is -2.22. The molecule has 0 amide bonds. The van der Waals surface area contributed by atoms with Crippen LogP contribution in [-0.4, -0.2) is 16.5 Å². The molecule has 1 atom stereocenters. The van der Waals surface area contributed by atoms with Crippen molar-refractivity contribution in [3.05, 3.63) is 45.6 Å². The number of rotatable bonds is 3. The molecular formula is C10H12N4O3. The summed E-state index contributed by atoms with van der Waals surface area (Å²) in [5.41, 5.74) is 6.26. The van der Waals surface area contributed by atoms with Gasteiger partial charge in [-0.3, -0.25) is 10.1 Å². The summed E-state index contributed by atoms with van der Waals surface area (Å²) in [4.78, 5) is 14.5. The summed E-state index contributed by atoms with van der Waals surface area (Å²) in [5, 5.41) is 13.8. The van der Waals surface area contributed by atoms with E-state index in [0.29, 0.717) is 18.0 Å². The van der Waals surface area contributed by atoms with Crippen LogP contribution in [0.4, 0.5) is 5.82 Å². The topological polar surface area (TPSA) is 103 Å². The first kappa shape index (κ1) is 11.3. The summed E-state index contributed by atoms with van der Waals surface area (Å²) in [6.45, 7) is 2.06. The molecule has 7 heteroatoms. The summed E-state index contributed by atoms with van der Waals surface area (Å²) >= 11 is 0. The first-order chi connectivity index (χ1) is 8.15. The molecule has 0 spiro atoms. The molecule has 7 nitrogen and oxygen atoms in total. The number of nitrogens with two attached hydrogens (primary N) is 1. The number of nitrogens with zero attached hydrogens (tertiary/aromatic N) is 2. The van der Waals surface area contributed by atoms with Gasteiger partial charge in [0.05, 0.1) is 11.5 Å². The molecule has 2 rings (SSSR count). The molecule has 0 saturated heterocycles. The van der Waals surface area contributed by atoms with Gasteiger partial charge in [-0.05, 0) is 13.0 Å². The molecule has 0 aliphatic carbocycles. The van der Waals surface area contributed by atoms with E-state index < -0.39 is 11.0 Å². The van der Waals surface area contributed by atoms with Crippen molar-refractivity contribution in [2.75, 3.05) is 11.9 Å². The van der Waals surface area contributed by atoms with Gasteiger partial charge in [0, 0.05) is 11.8 Å². The molecule has 0 saturated carbocycles. The first-order valence-corrected chi connectivity index (χ1v) is 5.14. The van der Waals surface area contributed by atoms with E-state index in [0.717, 1.165) is 0 Å². The predicted molar refractivity (Wildman–Crippen MR) is 60.4 cm³/mol. The van der Waals surface area contributed by atoms with Crippen LogP contribution in [0.5, 0.6) is 0 Å². The Morgan fingerprint density at radius 1 is 1.71 bits per heavy atom. The Labute approximate surface area is 97.4 Å². The van der Waals surface area contributed by atoms with Crippen LogP contribution in [0.3, 0.4) is 0 Å². The van der Waals surface area contributed by atoms with Gasteiger partial charge in [-0.15, -0.1) is 0 Å². The zero-order valence-corrected chi connectivity index (χ0v) is 9.21. The van der Waals surface area contributed by atoms with E-state index in [1.165, 1.54) is 0 Å². The fourth-order valence-electron chi connectivity index (χ4n) is 1.68. The fraction of sp³-hybridized carbons (Fsp3) is 0.300. The molecule has 3 N–H and O–H groups in total. The number of fused-ring (bicyclic) bond motifs is 1. The number of hydrogen-bond acceptors (Lipinski definition) is 6. The number of aromatic nitrogens is 1. The minimum absolute atomic E-state index is 0.0659. The van der Waals surface area contributed by atoms with Gasteiger partial charge in [0.2, 0.25) is 0 Å². The fourth-order valence-corrected chi connectivity index (χ4v) is 1.68. The van der Waals surface area contributed by atoms with E-state index in [1.807, 2.05) is 0 Å². The maximum atomic E-state index is 11.0. The third-order valence-corrected chi connectivity index (χ3v) is 2.42. The predicted octanol–water partition coefficient (Wildman–Crippen LogP) is 0.989. The Hall–Kier alpha value is -2.15. The van der Waals surface area contributed by atoms with Crippen molar-refractivity contribution in [3.63, 3.8) is 0 Å². The van der Waals surface area contributed by atoms with Crippen LogP contribution in [0.1, 0.15) is 18.5 Å². The van der Waals surface area contributed by atoms with Gasteiger partial charge in [-0.25, -0.2) is 4.98 Å². The maximum absolute atomic E-state index is 11.0. The van der Waals surface area contributed by atoms with E-state index in [1.54, 1.807) is 25.3 Å². The number of nitrogens with one attached hydrogen (secondary N) is 1. The Kier molecular flexibility index (Phi) is 2.92. The Balaban J connectivity index is 2.48. The SMILES string of the molecule is CCOC1=C([N+](=O)[O-])C(N)c2cccnc2N1. The molecule has 1 unspecified atom stereocenters. The monoisotopic (exact) mass is 236 g/mol. The molecule has 0 fully saturated rings. The number of nitro groups is 1. The average Bonchev–Trinajstić information content (AvgIpc) is 2.29. The van der Waals surface area contributed by atoms with E-state index in [9.17, 15) is 10.1 Å². The van der Waals surface area contributed by atoms with Crippen molar-refractivity contribution in [2.24, 2.45) is 5.73 Å². The van der Waals surface area contributed by atoms with Gasteiger partial charge in [-0.1, -0.05) is 6.07 Å². The van der Waals surface area contributed by atoms with Crippen LogP contribution in [0.25, 0.3) is 0 Å². The van der Waals surface area contributed by atoms with Gasteiger partial charge in [0.25, 0.3) is 5.88 Å². The minimum Gasteiger partial charge on any atom is -0.475 e. The van der Waals surface area contributed by atoms with Gasteiger partial charge in [0.15, 0.2) is 0 Å². The summed E-state index contributed by atoms with van der Waals surface area (Å²) < 4.78 is 5.19. The van der Waals surface area contributed by atoms with Crippen molar-refractivity contribution in [2.45, 2.75) is 13.0 Å². The molecule has 0 bridgehead atoms. The lowest BCUT2D eigenvalue weighted by molar-refractivity contribution is -0.433. The second kappa shape index (κ2) is 4.38. The number of anilines is 1. The van der Waals surface area contributed by atoms with E-state index in [2.05, 4.69) is 10.3 Å². The highest BCUT2D eigenvalue weighted by Gasteiger charge is 2.35. The molecule has 17 heavy (non-hydrogen) atoms. The van der Waals surface area contributed by atoms with Crippen LogP contribution < -0.4 is 11.1 Å². The molecule has 90 valence electrons. The lowest BCUT2D eigenvalue weighted by Crippen LogP contribution is -2.29.